The predicted molar refractivity (Wildman–Crippen MR) is 103 cm³/mol. The van der Waals surface area contributed by atoms with Crippen molar-refractivity contribution >= 4 is 23.2 Å². The second-order valence-electron chi connectivity index (χ2n) is 5.02. The molecule has 26 heavy (non-hydrogen) atoms. The molecule has 3 rings (SSSR count). The molecule has 4 N–H and O–H groups in total. The second kappa shape index (κ2) is 9.05. The number of H-pyrrole nitrogens is 1. The summed E-state index contributed by atoms with van der Waals surface area (Å²) < 4.78 is 18.9. The maximum atomic E-state index is 13.7. The maximum absolute atomic E-state index is 13.7. The molecule has 0 atom stereocenters. The monoisotopic (exact) mass is 377 g/mol. The standard InChI is InChI=1S/C16H15ClFN5O.C2H6/c1-24-14-6-5-9(7-13(14)19)15-21-16(23-22-15)20-8-10-11(17)3-2-4-12(10)18;1-2/h2-7H,8,19H2,1H3,(H2,20,21,22,23);1-2H3. The number of aromatic nitrogens is 3. The van der Waals surface area contributed by atoms with Gasteiger partial charge >= 0.3 is 0 Å². The molecule has 2 aromatic carbocycles. The zero-order chi connectivity index (χ0) is 19.1. The molecule has 0 fully saturated rings. The molecule has 0 bridgehead atoms. The quantitative estimate of drug-likeness (QED) is 0.570. The van der Waals surface area contributed by atoms with Crippen molar-refractivity contribution < 1.29 is 9.13 Å². The van der Waals surface area contributed by atoms with Gasteiger partial charge in [-0.05, 0) is 30.3 Å². The van der Waals surface area contributed by atoms with Gasteiger partial charge in [-0.15, -0.1) is 5.10 Å². The van der Waals surface area contributed by atoms with Crippen molar-refractivity contribution in [3.05, 3.63) is 52.8 Å². The first-order valence-corrected chi connectivity index (χ1v) is 8.49. The Kier molecular flexibility index (Phi) is 6.80. The van der Waals surface area contributed by atoms with Gasteiger partial charge in [0.25, 0.3) is 0 Å². The van der Waals surface area contributed by atoms with Gasteiger partial charge in [-0.1, -0.05) is 31.5 Å². The van der Waals surface area contributed by atoms with Crippen LogP contribution in [0.15, 0.2) is 36.4 Å². The molecule has 0 amide bonds. The van der Waals surface area contributed by atoms with Crippen LogP contribution in [0.25, 0.3) is 11.4 Å². The van der Waals surface area contributed by atoms with Crippen molar-refractivity contribution in [1.29, 1.82) is 0 Å². The molecule has 1 heterocycles. The van der Waals surface area contributed by atoms with Gasteiger partial charge < -0.3 is 15.8 Å². The lowest BCUT2D eigenvalue weighted by molar-refractivity contribution is 0.417. The number of hydrogen-bond acceptors (Lipinski definition) is 5. The van der Waals surface area contributed by atoms with Crippen LogP contribution in [0, 0.1) is 5.82 Å². The number of aromatic amines is 1. The van der Waals surface area contributed by atoms with E-state index in [1.807, 2.05) is 19.9 Å². The van der Waals surface area contributed by atoms with E-state index >= 15 is 0 Å². The van der Waals surface area contributed by atoms with Crippen LogP contribution in [-0.2, 0) is 6.54 Å². The Labute approximate surface area is 156 Å². The van der Waals surface area contributed by atoms with Gasteiger partial charge in [-0.3, -0.25) is 5.10 Å². The highest BCUT2D eigenvalue weighted by molar-refractivity contribution is 6.31. The molecule has 0 unspecified atom stereocenters. The molecule has 6 nitrogen and oxygen atoms in total. The number of rotatable bonds is 5. The van der Waals surface area contributed by atoms with Gasteiger partial charge in [0, 0.05) is 22.7 Å². The first kappa shape index (κ1) is 19.5. The highest BCUT2D eigenvalue weighted by Gasteiger charge is 2.10. The topological polar surface area (TPSA) is 88.8 Å². The number of nitrogens with zero attached hydrogens (tertiary/aromatic N) is 2. The molecule has 0 spiro atoms. The lowest BCUT2D eigenvalue weighted by atomic mass is 10.2. The number of nitrogens with one attached hydrogen (secondary N) is 2. The van der Waals surface area contributed by atoms with Crippen molar-refractivity contribution in [1.82, 2.24) is 15.2 Å². The van der Waals surface area contributed by atoms with Gasteiger partial charge in [0.1, 0.15) is 11.6 Å². The SMILES string of the molecule is CC.COc1ccc(-c2nc(NCc3c(F)cccc3Cl)n[nH]2)cc1N. The third kappa shape index (κ3) is 4.43. The molecular weight excluding hydrogens is 357 g/mol. The fraction of sp³-hybridized carbons (Fsp3) is 0.222. The molecular formula is C18H21ClFN5O. The number of nitrogen functional groups attached to an aromatic ring is 1. The summed E-state index contributed by atoms with van der Waals surface area (Å²) in [6, 6.07) is 9.83. The third-order valence-corrected chi connectivity index (χ3v) is 3.83. The van der Waals surface area contributed by atoms with E-state index in [0.29, 0.717) is 33.8 Å². The van der Waals surface area contributed by atoms with Crippen LogP contribution in [0.3, 0.4) is 0 Å². The van der Waals surface area contributed by atoms with E-state index in [2.05, 4.69) is 20.5 Å². The lowest BCUT2D eigenvalue weighted by Crippen LogP contribution is -2.04. The number of benzene rings is 2. The van der Waals surface area contributed by atoms with E-state index in [1.54, 1.807) is 31.4 Å². The second-order valence-corrected chi connectivity index (χ2v) is 5.43. The molecule has 0 radical (unpaired) electrons. The van der Waals surface area contributed by atoms with E-state index < -0.39 is 0 Å². The fourth-order valence-corrected chi connectivity index (χ4v) is 2.45. The Morgan fingerprint density at radius 3 is 2.69 bits per heavy atom. The van der Waals surface area contributed by atoms with Gasteiger partial charge in [-0.2, -0.15) is 4.98 Å². The number of halogens is 2. The molecule has 0 saturated carbocycles. The zero-order valence-electron chi connectivity index (χ0n) is 14.8. The maximum Gasteiger partial charge on any atom is 0.242 e. The van der Waals surface area contributed by atoms with Gasteiger partial charge in [0.2, 0.25) is 5.95 Å². The van der Waals surface area contributed by atoms with Gasteiger partial charge in [0.15, 0.2) is 5.82 Å². The van der Waals surface area contributed by atoms with E-state index in [0.717, 1.165) is 5.56 Å². The summed E-state index contributed by atoms with van der Waals surface area (Å²) >= 11 is 5.99. The number of ether oxygens (including phenoxy) is 1. The highest BCUT2D eigenvalue weighted by Crippen LogP contribution is 2.27. The molecule has 0 aliphatic heterocycles. The Balaban J connectivity index is 0.00000117. The van der Waals surface area contributed by atoms with Gasteiger partial charge in [0.05, 0.1) is 12.8 Å². The summed E-state index contributed by atoms with van der Waals surface area (Å²) in [4.78, 5) is 4.31. The van der Waals surface area contributed by atoms with E-state index in [4.69, 9.17) is 22.1 Å². The molecule has 1 aromatic heterocycles. The first-order chi connectivity index (χ1) is 12.6. The predicted octanol–water partition coefficient (Wildman–Crippen LogP) is 4.49. The fourth-order valence-electron chi connectivity index (χ4n) is 2.22. The number of hydrogen-bond donors (Lipinski definition) is 3. The van der Waals surface area contributed by atoms with Crippen LogP contribution in [0.2, 0.25) is 5.02 Å². The highest BCUT2D eigenvalue weighted by atomic mass is 35.5. The summed E-state index contributed by atoms with van der Waals surface area (Å²) in [6.07, 6.45) is 0. The van der Waals surface area contributed by atoms with Crippen LogP contribution < -0.4 is 15.8 Å². The molecule has 138 valence electrons. The molecule has 0 aliphatic rings. The Morgan fingerprint density at radius 2 is 2.04 bits per heavy atom. The molecule has 3 aromatic rings. The Bertz CT molecular complexity index is 848. The van der Waals surface area contributed by atoms with Crippen LogP contribution in [0.5, 0.6) is 5.75 Å². The van der Waals surface area contributed by atoms with Crippen molar-refractivity contribution in [2.75, 3.05) is 18.2 Å². The average Bonchev–Trinajstić information content (AvgIpc) is 3.12. The summed E-state index contributed by atoms with van der Waals surface area (Å²) in [6.45, 7) is 4.17. The Hall–Kier alpha value is -2.80. The van der Waals surface area contributed by atoms with Crippen LogP contribution >= 0.6 is 11.6 Å². The first-order valence-electron chi connectivity index (χ1n) is 8.11. The van der Waals surface area contributed by atoms with E-state index in [9.17, 15) is 4.39 Å². The van der Waals surface area contributed by atoms with Crippen LogP contribution in [-0.4, -0.2) is 22.3 Å². The average molecular weight is 378 g/mol. The van der Waals surface area contributed by atoms with Crippen molar-refractivity contribution in [3.8, 4) is 17.1 Å². The lowest BCUT2D eigenvalue weighted by Gasteiger charge is -2.06. The Morgan fingerprint density at radius 1 is 1.27 bits per heavy atom. The minimum atomic E-state index is -0.381. The number of nitrogens with two attached hydrogens (primary N) is 1. The van der Waals surface area contributed by atoms with Crippen LogP contribution in [0.4, 0.5) is 16.0 Å². The third-order valence-electron chi connectivity index (χ3n) is 3.47. The molecule has 0 saturated heterocycles. The zero-order valence-corrected chi connectivity index (χ0v) is 15.6. The smallest absolute Gasteiger partial charge is 0.242 e. The summed E-state index contributed by atoms with van der Waals surface area (Å²) in [5, 5.41) is 10.1. The molecule has 0 aliphatic carbocycles. The molecule has 8 heteroatoms. The van der Waals surface area contributed by atoms with E-state index in [-0.39, 0.29) is 12.4 Å². The van der Waals surface area contributed by atoms with Gasteiger partial charge in [-0.25, -0.2) is 4.39 Å². The van der Waals surface area contributed by atoms with Crippen molar-refractivity contribution in [2.45, 2.75) is 20.4 Å². The van der Waals surface area contributed by atoms with Crippen molar-refractivity contribution in [2.24, 2.45) is 0 Å². The number of methoxy groups -OCH3 is 1. The largest absolute Gasteiger partial charge is 0.495 e. The minimum absolute atomic E-state index is 0.174. The van der Waals surface area contributed by atoms with Crippen LogP contribution in [0.1, 0.15) is 19.4 Å². The summed E-state index contributed by atoms with van der Waals surface area (Å²) in [5.41, 5.74) is 7.51. The number of anilines is 2. The minimum Gasteiger partial charge on any atom is -0.495 e. The van der Waals surface area contributed by atoms with E-state index in [1.165, 1.54) is 6.07 Å². The normalized spacial score (nSPS) is 10.0. The summed E-state index contributed by atoms with van der Waals surface area (Å²) in [5.74, 6) is 1.07. The summed E-state index contributed by atoms with van der Waals surface area (Å²) in [7, 11) is 1.55. The van der Waals surface area contributed by atoms with Crippen molar-refractivity contribution in [3.63, 3.8) is 0 Å².